The second-order valence-electron chi connectivity index (χ2n) is 4.58. The van der Waals surface area contributed by atoms with Gasteiger partial charge in [0.05, 0.1) is 30.4 Å². The summed E-state index contributed by atoms with van der Waals surface area (Å²) >= 11 is 0. The lowest BCUT2D eigenvalue weighted by Crippen LogP contribution is -2.40. The van der Waals surface area contributed by atoms with Gasteiger partial charge in [0.1, 0.15) is 0 Å². The predicted octanol–water partition coefficient (Wildman–Crippen LogP) is 0.724. The van der Waals surface area contributed by atoms with E-state index in [2.05, 4.69) is 22.1 Å². The van der Waals surface area contributed by atoms with E-state index in [1.54, 1.807) is 18.5 Å². The minimum absolute atomic E-state index is 0.00814. The largest absolute Gasteiger partial charge is 0.395 e. The summed E-state index contributed by atoms with van der Waals surface area (Å²) in [4.78, 5) is 16.2. The van der Waals surface area contributed by atoms with Gasteiger partial charge in [0, 0.05) is 25.4 Å². The molecule has 1 atom stereocenters. The Hall–Kier alpha value is -1.90. The second kappa shape index (κ2) is 7.63. The van der Waals surface area contributed by atoms with E-state index in [1.807, 2.05) is 0 Å². The molecule has 0 saturated carbocycles. The number of hydrogen-bond acceptors (Lipinski definition) is 4. The molecule has 0 bridgehead atoms. The smallest absolute Gasteiger partial charge is 0.252 e. The molecule has 0 aliphatic carbocycles. The number of carbonyl (C=O) groups is 1. The molecule has 1 amide bonds. The summed E-state index contributed by atoms with van der Waals surface area (Å²) in [5.41, 5.74) is 1.09. The van der Waals surface area contributed by atoms with Crippen LogP contribution in [0.1, 0.15) is 35.2 Å². The molecule has 5 heteroatoms. The number of ether oxygens (including phenoxy) is 1. The number of rotatable bonds is 3. The molecule has 1 aromatic rings. The molecule has 0 aromatic carbocycles. The van der Waals surface area contributed by atoms with Crippen molar-refractivity contribution in [2.24, 2.45) is 0 Å². The zero-order valence-electron chi connectivity index (χ0n) is 11.3. The molecule has 2 rings (SSSR count). The van der Waals surface area contributed by atoms with Crippen molar-refractivity contribution in [2.45, 2.75) is 25.3 Å². The molecule has 1 saturated heterocycles. The minimum Gasteiger partial charge on any atom is -0.395 e. The lowest BCUT2D eigenvalue weighted by Gasteiger charge is -2.23. The van der Waals surface area contributed by atoms with Crippen molar-refractivity contribution < 1.29 is 14.6 Å². The van der Waals surface area contributed by atoms with Crippen LogP contribution in [0.15, 0.2) is 18.5 Å². The zero-order valence-corrected chi connectivity index (χ0v) is 11.3. The lowest BCUT2D eigenvalue weighted by atomic mass is 10.1. The number of aliphatic hydroxyl groups is 1. The molecule has 1 aromatic heterocycles. The van der Waals surface area contributed by atoms with E-state index in [4.69, 9.17) is 9.84 Å². The number of carbonyl (C=O) groups excluding carboxylic acids is 1. The number of nitrogens with one attached hydrogen (secondary N) is 1. The molecule has 0 radical (unpaired) electrons. The highest BCUT2D eigenvalue weighted by Gasteiger charge is 2.18. The molecule has 5 nitrogen and oxygen atoms in total. The summed E-state index contributed by atoms with van der Waals surface area (Å²) < 4.78 is 5.35. The van der Waals surface area contributed by atoms with Crippen LogP contribution in [0.5, 0.6) is 0 Å². The highest BCUT2D eigenvalue weighted by Crippen LogP contribution is 2.09. The van der Waals surface area contributed by atoms with Crippen LogP contribution >= 0.6 is 0 Å². The van der Waals surface area contributed by atoms with Crippen LogP contribution in [0.2, 0.25) is 0 Å². The van der Waals surface area contributed by atoms with Crippen molar-refractivity contribution in [3.05, 3.63) is 29.6 Å². The van der Waals surface area contributed by atoms with Gasteiger partial charge in [-0.3, -0.25) is 9.78 Å². The first-order valence-electron chi connectivity index (χ1n) is 6.73. The molecular formula is C15H18N2O3. The molecule has 0 spiro atoms. The Kier molecular flexibility index (Phi) is 5.54. The lowest BCUT2D eigenvalue weighted by molar-refractivity contribution is 0.0624. The maximum absolute atomic E-state index is 12.3. The quantitative estimate of drug-likeness (QED) is 0.797. The monoisotopic (exact) mass is 274 g/mol. The molecule has 1 aliphatic heterocycles. The predicted molar refractivity (Wildman–Crippen MR) is 74.1 cm³/mol. The van der Waals surface area contributed by atoms with Crippen LogP contribution in [-0.2, 0) is 4.74 Å². The number of aliphatic hydroxyl groups excluding tert-OH is 1. The Bertz CT molecular complexity index is 513. The van der Waals surface area contributed by atoms with Gasteiger partial charge in [-0.2, -0.15) is 0 Å². The number of nitrogens with zero attached hydrogens (tertiary/aromatic N) is 1. The van der Waals surface area contributed by atoms with Gasteiger partial charge >= 0.3 is 0 Å². The van der Waals surface area contributed by atoms with E-state index in [1.165, 1.54) is 0 Å². The van der Waals surface area contributed by atoms with Gasteiger partial charge < -0.3 is 15.2 Å². The summed E-state index contributed by atoms with van der Waals surface area (Å²) in [7, 11) is 0. The number of pyridine rings is 1. The van der Waals surface area contributed by atoms with Crippen molar-refractivity contribution in [1.29, 1.82) is 0 Å². The Morgan fingerprint density at radius 1 is 1.60 bits per heavy atom. The highest BCUT2D eigenvalue weighted by molar-refractivity contribution is 5.96. The summed E-state index contributed by atoms with van der Waals surface area (Å²) in [6.45, 7) is 1.33. The van der Waals surface area contributed by atoms with Gasteiger partial charge in [-0.1, -0.05) is 11.8 Å². The topological polar surface area (TPSA) is 71.5 Å². The van der Waals surface area contributed by atoms with Crippen molar-refractivity contribution in [1.82, 2.24) is 10.3 Å². The number of hydrogen-bond donors (Lipinski definition) is 2. The number of aromatic nitrogens is 1. The van der Waals surface area contributed by atoms with Gasteiger partial charge in [-0.05, 0) is 18.9 Å². The Balaban J connectivity index is 2.07. The summed E-state index contributed by atoms with van der Waals surface area (Å²) in [6.07, 6.45) is 5.42. The van der Waals surface area contributed by atoms with Gasteiger partial charge in [0.15, 0.2) is 0 Å². The molecular weight excluding hydrogens is 256 g/mol. The van der Waals surface area contributed by atoms with Gasteiger partial charge in [0.25, 0.3) is 5.91 Å². The average molecular weight is 274 g/mol. The van der Waals surface area contributed by atoms with Crippen LogP contribution in [0.3, 0.4) is 0 Å². The van der Waals surface area contributed by atoms with E-state index in [-0.39, 0.29) is 18.6 Å². The van der Waals surface area contributed by atoms with Crippen LogP contribution in [0.4, 0.5) is 0 Å². The van der Waals surface area contributed by atoms with E-state index < -0.39 is 0 Å². The first-order valence-corrected chi connectivity index (χ1v) is 6.73. The number of amides is 1. The fourth-order valence-electron chi connectivity index (χ4n) is 2.02. The van der Waals surface area contributed by atoms with Crippen molar-refractivity contribution in [3.8, 4) is 11.8 Å². The van der Waals surface area contributed by atoms with E-state index in [0.717, 1.165) is 19.4 Å². The SMILES string of the molecule is O=C(NC1CCCOC1)c1ccncc1C#CCCO. The minimum atomic E-state index is -0.156. The van der Waals surface area contributed by atoms with Crippen molar-refractivity contribution >= 4 is 5.91 Å². The van der Waals surface area contributed by atoms with Crippen LogP contribution in [0.25, 0.3) is 0 Å². The molecule has 2 N–H and O–H groups in total. The molecule has 2 heterocycles. The van der Waals surface area contributed by atoms with E-state index in [0.29, 0.717) is 24.2 Å². The summed E-state index contributed by atoms with van der Waals surface area (Å²) in [6, 6.07) is 1.71. The van der Waals surface area contributed by atoms with Gasteiger partial charge in [0.2, 0.25) is 0 Å². The maximum Gasteiger partial charge on any atom is 0.252 e. The third kappa shape index (κ3) is 4.05. The Morgan fingerprint density at radius 3 is 3.25 bits per heavy atom. The van der Waals surface area contributed by atoms with E-state index in [9.17, 15) is 4.79 Å². The van der Waals surface area contributed by atoms with Gasteiger partial charge in [-0.15, -0.1) is 0 Å². The molecule has 20 heavy (non-hydrogen) atoms. The zero-order chi connectivity index (χ0) is 14.2. The standard InChI is InChI=1S/C15H18N2O3/c18-8-2-1-4-12-10-16-7-6-14(12)15(19)17-13-5-3-9-20-11-13/h6-7,10,13,18H,2-3,5,8-9,11H2,(H,17,19). The van der Waals surface area contributed by atoms with E-state index >= 15 is 0 Å². The van der Waals surface area contributed by atoms with Crippen LogP contribution < -0.4 is 5.32 Å². The summed E-state index contributed by atoms with van der Waals surface area (Å²) in [5.74, 6) is 5.52. The maximum atomic E-state index is 12.3. The molecule has 1 unspecified atom stereocenters. The van der Waals surface area contributed by atoms with Crippen LogP contribution in [-0.4, -0.2) is 41.9 Å². The average Bonchev–Trinajstić information content (AvgIpc) is 2.49. The Morgan fingerprint density at radius 2 is 2.50 bits per heavy atom. The van der Waals surface area contributed by atoms with Crippen molar-refractivity contribution in [2.75, 3.05) is 19.8 Å². The molecule has 106 valence electrons. The molecule has 1 fully saturated rings. The third-order valence-corrected chi connectivity index (χ3v) is 3.02. The fraction of sp³-hybridized carbons (Fsp3) is 0.467. The summed E-state index contributed by atoms with van der Waals surface area (Å²) in [5, 5.41) is 11.7. The third-order valence-electron chi connectivity index (χ3n) is 3.02. The first kappa shape index (κ1) is 14.5. The van der Waals surface area contributed by atoms with Crippen molar-refractivity contribution in [3.63, 3.8) is 0 Å². The first-order chi connectivity index (χ1) is 9.81. The second-order valence-corrected chi connectivity index (χ2v) is 4.58. The molecule has 1 aliphatic rings. The Labute approximate surface area is 118 Å². The highest BCUT2D eigenvalue weighted by atomic mass is 16.5. The fourth-order valence-corrected chi connectivity index (χ4v) is 2.02. The van der Waals surface area contributed by atoms with Gasteiger partial charge in [-0.25, -0.2) is 0 Å². The normalized spacial score (nSPS) is 17.9. The van der Waals surface area contributed by atoms with Crippen LogP contribution in [0, 0.1) is 11.8 Å².